The Hall–Kier alpha value is -1.10. The van der Waals surface area contributed by atoms with Gasteiger partial charge >= 0.3 is 30.8 Å². The number of rotatable bonds is 12. The second-order valence-corrected chi connectivity index (χ2v) is 7.28. The summed E-state index contributed by atoms with van der Waals surface area (Å²) in [5.74, 6) is -0.641. The number of carbonyl (C=O) groups is 2. The minimum absolute atomic E-state index is 0. The fourth-order valence-electron chi connectivity index (χ4n) is 1.84. The molecule has 0 heterocycles. The second kappa shape index (κ2) is 20.2. The standard InChI is InChI=1S/C11H20O3.C10H18O3.Li.H2O/c1-6-9(4)7-14-10(8(2)3)11(12)13-5;1-5-8(4)6-13-9(7(2)3)10(11)12;;/h6,8-10H,1,7H2,2-5H3;5,7-9H,1,6H2,2-4H3,(H,11,12);;1H2/q;;+1;/p-1/t9?,10-;8?,9-;;/m00../s1. The van der Waals surface area contributed by atoms with Gasteiger partial charge in [0.25, 0.3) is 0 Å². The summed E-state index contributed by atoms with van der Waals surface area (Å²) in [4.78, 5) is 22.0. The molecule has 0 aromatic rings. The second-order valence-electron chi connectivity index (χ2n) is 7.28. The summed E-state index contributed by atoms with van der Waals surface area (Å²) in [6, 6.07) is 0. The maximum absolute atomic E-state index is 11.3. The molecule has 0 rings (SSSR count). The molecular weight excluding hydrogens is 371 g/mol. The van der Waals surface area contributed by atoms with Gasteiger partial charge in [0.15, 0.2) is 12.2 Å². The Morgan fingerprint density at radius 3 is 1.45 bits per heavy atom. The number of carboxylic acid groups (broad SMARTS) is 1. The van der Waals surface area contributed by atoms with E-state index in [9.17, 15) is 9.59 Å². The fraction of sp³-hybridized carbons (Fsp3) is 0.714. The zero-order chi connectivity index (χ0) is 21.6. The van der Waals surface area contributed by atoms with Crippen LogP contribution in [-0.4, -0.2) is 55.1 Å². The summed E-state index contributed by atoms with van der Waals surface area (Å²) in [7, 11) is 1.37. The molecule has 0 radical (unpaired) electrons. The van der Waals surface area contributed by atoms with Crippen molar-refractivity contribution in [2.75, 3.05) is 20.3 Å². The van der Waals surface area contributed by atoms with Gasteiger partial charge in [0, 0.05) is 0 Å². The van der Waals surface area contributed by atoms with Crippen molar-refractivity contribution in [2.45, 2.75) is 53.8 Å². The Kier molecular flexibility index (Phi) is 24.6. The van der Waals surface area contributed by atoms with Crippen LogP contribution in [0.4, 0.5) is 0 Å². The van der Waals surface area contributed by atoms with Crippen molar-refractivity contribution in [3.63, 3.8) is 0 Å². The van der Waals surface area contributed by atoms with E-state index in [1.807, 2.05) is 41.5 Å². The number of aliphatic carboxylic acids is 1. The Labute approximate surface area is 188 Å². The number of ether oxygens (including phenoxy) is 3. The minimum Gasteiger partial charge on any atom is -0.870 e. The molecule has 2 unspecified atom stereocenters. The topological polar surface area (TPSA) is 112 Å². The van der Waals surface area contributed by atoms with Gasteiger partial charge in [0.2, 0.25) is 0 Å². The van der Waals surface area contributed by atoms with Gasteiger partial charge in [0.05, 0.1) is 20.3 Å². The first kappa shape index (κ1) is 35.3. The van der Waals surface area contributed by atoms with Crippen molar-refractivity contribution in [3.8, 4) is 0 Å². The average molecular weight is 410 g/mol. The first-order valence-corrected chi connectivity index (χ1v) is 9.30. The molecule has 29 heavy (non-hydrogen) atoms. The van der Waals surface area contributed by atoms with Crippen molar-refractivity contribution >= 4 is 11.9 Å². The third-order valence-electron chi connectivity index (χ3n) is 3.77. The molecular formula is C21H39LiO7. The van der Waals surface area contributed by atoms with Crippen LogP contribution >= 0.6 is 0 Å². The predicted octanol–water partition coefficient (Wildman–Crippen LogP) is 0.784. The summed E-state index contributed by atoms with van der Waals surface area (Å²) in [6.07, 6.45) is 2.37. The van der Waals surface area contributed by atoms with Crippen molar-refractivity contribution in [3.05, 3.63) is 25.3 Å². The van der Waals surface area contributed by atoms with E-state index in [1.165, 1.54) is 7.11 Å². The summed E-state index contributed by atoms with van der Waals surface area (Å²) in [6.45, 7) is 19.6. The SMILES string of the molecule is C=CC(C)CO[C@H](C(=O)O)C(C)C.C=CC(C)CO[C@H](C(=O)OC)C(C)C.[Li+].[OH-]. The van der Waals surface area contributed by atoms with E-state index in [2.05, 4.69) is 17.9 Å². The monoisotopic (exact) mass is 410 g/mol. The van der Waals surface area contributed by atoms with Gasteiger partial charge in [-0.15, -0.1) is 13.2 Å². The molecule has 0 aromatic heterocycles. The fourth-order valence-corrected chi connectivity index (χ4v) is 1.84. The van der Waals surface area contributed by atoms with E-state index in [4.69, 9.17) is 14.6 Å². The number of carboxylic acids is 1. The molecule has 8 heteroatoms. The number of carbonyl (C=O) groups excluding carboxylic acids is 1. The van der Waals surface area contributed by atoms with Gasteiger partial charge < -0.3 is 24.8 Å². The van der Waals surface area contributed by atoms with Crippen LogP contribution in [0.1, 0.15) is 41.5 Å². The smallest absolute Gasteiger partial charge is 0.870 e. The Balaban J connectivity index is -0.000000202. The molecule has 0 aliphatic heterocycles. The van der Waals surface area contributed by atoms with Gasteiger partial charge in [-0.2, -0.15) is 0 Å². The van der Waals surface area contributed by atoms with Gasteiger partial charge in [0.1, 0.15) is 0 Å². The number of hydrogen-bond acceptors (Lipinski definition) is 6. The average Bonchev–Trinajstić information content (AvgIpc) is 2.60. The molecule has 0 saturated carbocycles. The molecule has 7 nitrogen and oxygen atoms in total. The number of esters is 1. The van der Waals surface area contributed by atoms with E-state index >= 15 is 0 Å². The van der Waals surface area contributed by atoms with Crippen molar-refractivity contribution < 1.29 is 53.2 Å². The zero-order valence-corrected chi connectivity index (χ0v) is 19.4. The summed E-state index contributed by atoms with van der Waals surface area (Å²) in [5, 5.41) is 8.78. The molecule has 0 aliphatic rings. The van der Waals surface area contributed by atoms with Gasteiger partial charge in [-0.25, -0.2) is 9.59 Å². The molecule has 0 fully saturated rings. The zero-order valence-electron chi connectivity index (χ0n) is 19.4. The molecule has 0 aromatic carbocycles. The number of methoxy groups -OCH3 is 1. The first-order valence-electron chi connectivity index (χ1n) is 9.30. The molecule has 0 saturated heterocycles. The third kappa shape index (κ3) is 17.5. The van der Waals surface area contributed by atoms with Gasteiger partial charge in [-0.05, 0) is 23.7 Å². The third-order valence-corrected chi connectivity index (χ3v) is 3.77. The maximum Gasteiger partial charge on any atom is 1.00 e. The first-order chi connectivity index (χ1) is 12.5. The van der Waals surface area contributed by atoms with Crippen LogP contribution in [0.25, 0.3) is 0 Å². The molecule has 166 valence electrons. The predicted molar refractivity (Wildman–Crippen MR) is 109 cm³/mol. The van der Waals surface area contributed by atoms with Crippen LogP contribution in [-0.2, 0) is 23.8 Å². The largest absolute Gasteiger partial charge is 1.00 e. The Morgan fingerprint density at radius 1 is 0.862 bits per heavy atom. The van der Waals surface area contributed by atoms with Crippen molar-refractivity contribution in [2.24, 2.45) is 23.7 Å². The Morgan fingerprint density at radius 2 is 1.21 bits per heavy atom. The normalized spacial score (nSPS) is 14.1. The minimum atomic E-state index is -0.897. The summed E-state index contributed by atoms with van der Waals surface area (Å²) < 4.78 is 15.4. The molecule has 0 aliphatic carbocycles. The van der Waals surface area contributed by atoms with Crippen LogP contribution in [0.15, 0.2) is 25.3 Å². The van der Waals surface area contributed by atoms with Crippen LogP contribution in [0.3, 0.4) is 0 Å². The molecule has 4 atom stereocenters. The Bertz CT molecular complexity index is 452. The van der Waals surface area contributed by atoms with E-state index in [1.54, 1.807) is 12.2 Å². The van der Waals surface area contributed by atoms with E-state index < -0.39 is 18.2 Å². The van der Waals surface area contributed by atoms with E-state index in [0.29, 0.717) is 13.2 Å². The maximum atomic E-state index is 11.3. The van der Waals surface area contributed by atoms with Crippen molar-refractivity contribution in [1.29, 1.82) is 0 Å². The van der Waals surface area contributed by atoms with Gasteiger partial charge in [-0.1, -0.05) is 53.7 Å². The quantitative estimate of drug-likeness (QED) is 0.287. The molecule has 2 N–H and O–H groups in total. The van der Waals surface area contributed by atoms with Crippen molar-refractivity contribution in [1.82, 2.24) is 0 Å². The van der Waals surface area contributed by atoms with Crippen LogP contribution < -0.4 is 18.9 Å². The van der Waals surface area contributed by atoms with Gasteiger partial charge in [-0.3, -0.25) is 0 Å². The van der Waals surface area contributed by atoms with Crippen LogP contribution in [0.2, 0.25) is 0 Å². The summed E-state index contributed by atoms with van der Waals surface area (Å²) >= 11 is 0. The summed E-state index contributed by atoms with van der Waals surface area (Å²) in [5.41, 5.74) is 0. The molecule has 0 amide bonds. The van der Waals surface area contributed by atoms with E-state index in [0.717, 1.165) is 0 Å². The van der Waals surface area contributed by atoms with E-state index in [-0.39, 0.29) is 54.0 Å². The molecule has 0 bridgehead atoms. The number of hydrogen-bond donors (Lipinski definition) is 1. The molecule has 0 spiro atoms. The van der Waals surface area contributed by atoms with Crippen LogP contribution in [0, 0.1) is 23.7 Å². The van der Waals surface area contributed by atoms with Crippen LogP contribution in [0.5, 0.6) is 0 Å².